The van der Waals surface area contributed by atoms with Gasteiger partial charge in [-0.05, 0) is 73.0 Å². The molecule has 0 saturated carbocycles. The van der Waals surface area contributed by atoms with Gasteiger partial charge in [-0.1, -0.05) is 32.0 Å². The maximum atomic E-state index is 13.5. The van der Waals surface area contributed by atoms with Crippen LogP contribution in [0.4, 0.5) is 10.5 Å². The first-order valence-electron chi connectivity index (χ1n) is 16.1. The van der Waals surface area contributed by atoms with Gasteiger partial charge in [0.1, 0.15) is 29.4 Å². The van der Waals surface area contributed by atoms with Crippen LogP contribution in [0.15, 0.2) is 78.9 Å². The second-order valence-corrected chi connectivity index (χ2v) is 12.1. The van der Waals surface area contributed by atoms with E-state index in [1.807, 2.05) is 56.3 Å². The lowest BCUT2D eigenvalue weighted by Gasteiger charge is -2.46. The van der Waals surface area contributed by atoms with Crippen LogP contribution in [0.2, 0.25) is 0 Å². The Morgan fingerprint density at radius 2 is 1.43 bits per heavy atom. The number of carbonyl (C=O) groups is 3. The van der Waals surface area contributed by atoms with E-state index in [1.165, 1.54) is 7.11 Å². The standard InChI is InChI=1S/C36H44N4O7/c1-25(2)33(35(42)45-4)37-36(43)40-19-18-31(39-22-20-38(21-23-39)27-12-16-28(44-3)17-13-27)32(24-40)47-34(41)26-10-14-30(15-11-26)46-29-8-6-5-7-9-29/h5-17,25,31-33H,18-24H2,1-4H3,(H,37,43)/t31-,32-,33?/m1/s1. The molecule has 2 fully saturated rings. The summed E-state index contributed by atoms with van der Waals surface area (Å²) in [5.41, 5.74) is 1.52. The fourth-order valence-corrected chi connectivity index (χ4v) is 6.07. The molecule has 2 amide bonds. The predicted molar refractivity (Wildman–Crippen MR) is 178 cm³/mol. The molecule has 0 bridgehead atoms. The highest BCUT2D eigenvalue weighted by Gasteiger charge is 2.39. The fraction of sp³-hybridized carbons (Fsp3) is 0.417. The molecule has 2 saturated heterocycles. The van der Waals surface area contributed by atoms with E-state index in [-0.39, 0.29) is 24.5 Å². The molecule has 3 aromatic carbocycles. The minimum absolute atomic E-state index is 0.0804. The van der Waals surface area contributed by atoms with E-state index in [1.54, 1.807) is 36.3 Å². The van der Waals surface area contributed by atoms with Gasteiger partial charge in [-0.25, -0.2) is 14.4 Å². The Balaban J connectivity index is 1.28. The number of rotatable bonds is 10. The van der Waals surface area contributed by atoms with E-state index in [2.05, 4.69) is 27.2 Å². The van der Waals surface area contributed by atoms with Crippen molar-refractivity contribution in [3.05, 3.63) is 84.4 Å². The summed E-state index contributed by atoms with van der Waals surface area (Å²) >= 11 is 0. The first-order valence-corrected chi connectivity index (χ1v) is 16.1. The number of ether oxygens (including phenoxy) is 4. The number of hydrogen-bond acceptors (Lipinski definition) is 9. The number of esters is 2. The number of piperidine rings is 1. The number of likely N-dealkylation sites (tertiary alicyclic amines) is 1. The van der Waals surface area contributed by atoms with Crippen LogP contribution in [0.1, 0.15) is 30.6 Å². The normalized spacial score (nSPS) is 19.1. The van der Waals surface area contributed by atoms with Crippen LogP contribution >= 0.6 is 0 Å². The van der Waals surface area contributed by atoms with E-state index in [4.69, 9.17) is 18.9 Å². The molecule has 2 aliphatic heterocycles. The van der Waals surface area contributed by atoms with Gasteiger partial charge in [0, 0.05) is 38.4 Å². The van der Waals surface area contributed by atoms with Crippen molar-refractivity contribution in [2.24, 2.45) is 5.92 Å². The maximum Gasteiger partial charge on any atom is 0.338 e. The first-order chi connectivity index (χ1) is 22.7. The number of anilines is 1. The lowest BCUT2D eigenvalue weighted by Crippen LogP contribution is -2.62. The highest BCUT2D eigenvalue weighted by Crippen LogP contribution is 2.27. The molecule has 1 unspecified atom stereocenters. The molecule has 3 aromatic rings. The number of benzene rings is 3. The summed E-state index contributed by atoms with van der Waals surface area (Å²) in [6, 6.07) is 23.0. The summed E-state index contributed by atoms with van der Waals surface area (Å²) < 4.78 is 22.3. The number of urea groups is 1. The Morgan fingerprint density at radius 1 is 0.787 bits per heavy atom. The average molecular weight is 645 g/mol. The molecule has 47 heavy (non-hydrogen) atoms. The monoisotopic (exact) mass is 644 g/mol. The van der Waals surface area contributed by atoms with Crippen LogP contribution in [0.5, 0.6) is 17.2 Å². The zero-order valence-corrected chi connectivity index (χ0v) is 27.5. The zero-order valence-electron chi connectivity index (χ0n) is 27.5. The summed E-state index contributed by atoms with van der Waals surface area (Å²) in [7, 11) is 2.96. The van der Waals surface area contributed by atoms with Gasteiger partial charge in [-0.15, -0.1) is 0 Å². The second-order valence-electron chi connectivity index (χ2n) is 12.1. The Bertz CT molecular complexity index is 1480. The van der Waals surface area contributed by atoms with Crippen LogP contribution in [-0.4, -0.2) is 99.4 Å². The third-order valence-corrected chi connectivity index (χ3v) is 8.76. The molecule has 1 N–H and O–H groups in total. The van der Waals surface area contributed by atoms with Gasteiger partial charge in [0.2, 0.25) is 0 Å². The molecular formula is C36H44N4O7. The van der Waals surface area contributed by atoms with Crippen molar-refractivity contribution in [1.29, 1.82) is 0 Å². The van der Waals surface area contributed by atoms with Gasteiger partial charge in [0.25, 0.3) is 0 Å². The third-order valence-electron chi connectivity index (χ3n) is 8.76. The summed E-state index contributed by atoms with van der Waals surface area (Å²) in [5.74, 6) is 0.989. The first kappa shape index (κ1) is 33.6. The Morgan fingerprint density at radius 3 is 2.04 bits per heavy atom. The van der Waals surface area contributed by atoms with Crippen molar-refractivity contribution in [2.75, 3.05) is 58.4 Å². The summed E-state index contributed by atoms with van der Waals surface area (Å²) in [4.78, 5) is 45.5. The minimum atomic E-state index is -0.783. The molecule has 5 rings (SSSR count). The molecule has 0 radical (unpaired) electrons. The highest BCUT2D eigenvalue weighted by atomic mass is 16.5. The molecule has 2 aliphatic rings. The number of amides is 2. The highest BCUT2D eigenvalue weighted by molar-refractivity contribution is 5.89. The van der Waals surface area contributed by atoms with Crippen molar-refractivity contribution in [1.82, 2.24) is 15.1 Å². The number of carbonyl (C=O) groups excluding carboxylic acids is 3. The molecule has 2 heterocycles. The minimum Gasteiger partial charge on any atom is -0.497 e. The number of methoxy groups -OCH3 is 2. The van der Waals surface area contributed by atoms with Crippen molar-refractivity contribution < 1.29 is 33.3 Å². The number of nitrogens with zero attached hydrogens (tertiary/aromatic N) is 3. The topological polar surface area (TPSA) is 110 Å². The number of para-hydroxylation sites is 1. The predicted octanol–water partition coefficient (Wildman–Crippen LogP) is 4.82. The van der Waals surface area contributed by atoms with E-state index in [0.717, 1.165) is 37.6 Å². The quantitative estimate of drug-likeness (QED) is 0.311. The fourth-order valence-electron chi connectivity index (χ4n) is 6.07. The Kier molecular flexibility index (Phi) is 11.2. The summed E-state index contributed by atoms with van der Waals surface area (Å²) in [5, 5.41) is 2.82. The SMILES string of the molecule is COC(=O)C(NC(=O)N1CC[C@@H](N2CCN(c3ccc(OC)cc3)CC2)[C@H](OC(=O)c2ccc(Oc3ccccc3)cc2)C1)C(C)C. The molecule has 3 atom stereocenters. The van der Waals surface area contributed by atoms with Crippen LogP contribution in [-0.2, 0) is 14.3 Å². The molecule has 0 aromatic heterocycles. The van der Waals surface area contributed by atoms with Gasteiger partial charge < -0.3 is 34.1 Å². The van der Waals surface area contributed by atoms with E-state index in [9.17, 15) is 14.4 Å². The van der Waals surface area contributed by atoms with Gasteiger partial charge in [0.05, 0.1) is 32.4 Å². The summed E-state index contributed by atoms with van der Waals surface area (Å²) in [6.07, 6.45) is 0.0351. The Hall–Kier alpha value is -4.77. The molecule has 250 valence electrons. The van der Waals surface area contributed by atoms with Crippen LogP contribution in [0.3, 0.4) is 0 Å². The molecule has 11 nitrogen and oxygen atoms in total. The molecule has 0 spiro atoms. The number of piperazine rings is 1. The van der Waals surface area contributed by atoms with Crippen LogP contribution < -0.4 is 19.7 Å². The number of hydrogen-bond donors (Lipinski definition) is 1. The molecular weight excluding hydrogens is 600 g/mol. The smallest absolute Gasteiger partial charge is 0.338 e. The van der Waals surface area contributed by atoms with Crippen molar-refractivity contribution in [3.63, 3.8) is 0 Å². The maximum absolute atomic E-state index is 13.5. The van der Waals surface area contributed by atoms with E-state index >= 15 is 0 Å². The molecule has 0 aliphatic carbocycles. The molecule has 11 heteroatoms. The zero-order chi connectivity index (χ0) is 33.3. The third kappa shape index (κ3) is 8.53. The number of nitrogens with one attached hydrogen (secondary N) is 1. The van der Waals surface area contributed by atoms with Gasteiger partial charge in [-0.2, -0.15) is 0 Å². The van der Waals surface area contributed by atoms with Gasteiger partial charge >= 0.3 is 18.0 Å². The van der Waals surface area contributed by atoms with Crippen LogP contribution in [0, 0.1) is 5.92 Å². The van der Waals surface area contributed by atoms with E-state index < -0.39 is 24.1 Å². The second kappa shape index (κ2) is 15.7. The lowest BCUT2D eigenvalue weighted by molar-refractivity contribution is -0.144. The summed E-state index contributed by atoms with van der Waals surface area (Å²) in [6.45, 7) is 7.53. The van der Waals surface area contributed by atoms with Crippen molar-refractivity contribution >= 4 is 23.7 Å². The van der Waals surface area contributed by atoms with Gasteiger partial charge in [-0.3, -0.25) is 4.90 Å². The Labute approximate surface area is 276 Å². The van der Waals surface area contributed by atoms with E-state index in [0.29, 0.717) is 30.0 Å². The van der Waals surface area contributed by atoms with Crippen molar-refractivity contribution in [2.45, 2.75) is 38.5 Å². The lowest BCUT2D eigenvalue weighted by atomic mass is 9.98. The largest absolute Gasteiger partial charge is 0.497 e. The van der Waals surface area contributed by atoms with Gasteiger partial charge in [0.15, 0.2) is 0 Å². The average Bonchev–Trinajstić information content (AvgIpc) is 3.11. The van der Waals surface area contributed by atoms with Crippen LogP contribution in [0.25, 0.3) is 0 Å². The van der Waals surface area contributed by atoms with Crippen molar-refractivity contribution in [3.8, 4) is 17.2 Å².